The quantitative estimate of drug-likeness (QED) is 0.729. The van der Waals surface area contributed by atoms with E-state index in [1.165, 1.54) is 12.8 Å². The zero-order valence-electron chi connectivity index (χ0n) is 14.6. The Morgan fingerprint density at radius 1 is 0.960 bits per heavy atom. The van der Waals surface area contributed by atoms with Crippen molar-refractivity contribution < 1.29 is 4.74 Å². The van der Waals surface area contributed by atoms with Gasteiger partial charge in [0.2, 0.25) is 5.88 Å². The zero-order valence-corrected chi connectivity index (χ0v) is 14.6. The van der Waals surface area contributed by atoms with Crippen LogP contribution in [0, 0.1) is 13.8 Å². The van der Waals surface area contributed by atoms with Crippen LogP contribution in [0.4, 0.5) is 5.82 Å². The Kier molecular flexibility index (Phi) is 4.17. The summed E-state index contributed by atoms with van der Waals surface area (Å²) in [7, 11) is 0. The maximum Gasteiger partial charge on any atom is 0.236 e. The summed E-state index contributed by atoms with van der Waals surface area (Å²) in [6.07, 6.45) is 2.45. The van der Waals surface area contributed by atoms with Crippen LogP contribution < -0.4 is 9.64 Å². The number of hydrogen-bond acceptors (Lipinski definition) is 6. The van der Waals surface area contributed by atoms with Gasteiger partial charge in [-0.25, -0.2) is 19.9 Å². The molecule has 0 spiro atoms. The summed E-state index contributed by atoms with van der Waals surface area (Å²) in [6, 6.07) is 9.82. The molecule has 1 aliphatic heterocycles. The van der Waals surface area contributed by atoms with E-state index in [0.717, 1.165) is 41.3 Å². The van der Waals surface area contributed by atoms with E-state index >= 15 is 0 Å². The maximum absolute atomic E-state index is 5.89. The molecule has 0 saturated carbocycles. The Balaban J connectivity index is 1.56. The molecule has 1 aromatic carbocycles. The minimum absolute atomic E-state index is 0.288. The van der Waals surface area contributed by atoms with E-state index in [4.69, 9.17) is 4.74 Å². The number of nitrogens with zero attached hydrogens (tertiary/aromatic N) is 5. The Morgan fingerprint density at radius 2 is 1.68 bits per heavy atom. The van der Waals surface area contributed by atoms with Crippen LogP contribution in [0.25, 0.3) is 11.0 Å². The van der Waals surface area contributed by atoms with Crippen LogP contribution in [-0.4, -0.2) is 33.0 Å². The first-order valence-electron chi connectivity index (χ1n) is 8.65. The van der Waals surface area contributed by atoms with E-state index < -0.39 is 0 Å². The molecule has 1 fully saturated rings. The average molecular weight is 335 g/mol. The van der Waals surface area contributed by atoms with Crippen molar-refractivity contribution in [2.75, 3.05) is 18.0 Å². The molecule has 0 unspecified atom stereocenters. The van der Waals surface area contributed by atoms with Crippen LogP contribution in [0.15, 0.2) is 30.3 Å². The maximum atomic E-state index is 5.89. The normalized spacial score (nSPS) is 14.2. The third kappa shape index (κ3) is 3.38. The van der Waals surface area contributed by atoms with E-state index in [1.54, 1.807) is 0 Å². The van der Waals surface area contributed by atoms with Crippen molar-refractivity contribution in [3.05, 3.63) is 47.5 Å². The number of para-hydroxylation sites is 2. The topological polar surface area (TPSA) is 64.0 Å². The van der Waals surface area contributed by atoms with Crippen molar-refractivity contribution in [1.82, 2.24) is 19.9 Å². The van der Waals surface area contributed by atoms with Crippen molar-refractivity contribution >= 4 is 16.9 Å². The van der Waals surface area contributed by atoms with Crippen LogP contribution >= 0.6 is 0 Å². The number of ether oxygens (including phenoxy) is 1. The first-order chi connectivity index (χ1) is 12.2. The molecule has 3 heterocycles. The van der Waals surface area contributed by atoms with E-state index in [-0.39, 0.29) is 6.61 Å². The summed E-state index contributed by atoms with van der Waals surface area (Å²) in [6.45, 7) is 6.31. The molecule has 6 nitrogen and oxygen atoms in total. The standard InChI is InChI=1S/C19H21N5O/c1-13-11-18(24-9-5-6-10-24)23-17(20-13)12-25-19-14(2)21-15-7-3-4-8-16(15)22-19/h3-4,7-8,11H,5-6,9-10,12H2,1-2H3. The van der Waals surface area contributed by atoms with Crippen LogP contribution in [0.5, 0.6) is 5.88 Å². The van der Waals surface area contributed by atoms with Crippen molar-refractivity contribution in [3.8, 4) is 5.88 Å². The lowest BCUT2D eigenvalue weighted by molar-refractivity contribution is 0.281. The molecule has 0 N–H and O–H groups in total. The number of aryl methyl sites for hydroxylation is 2. The fourth-order valence-corrected chi connectivity index (χ4v) is 3.13. The van der Waals surface area contributed by atoms with Crippen molar-refractivity contribution in [3.63, 3.8) is 0 Å². The van der Waals surface area contributed by atoms with Gasteiger partial charge in [0.05, 0.1) is 11.0 Å². The second kappa shape index (κ2) is 6.63. The molecule has 3 aromatic rings. The molecule has 4 rings (SSSR count). The molecule has 25 heavy (non-hydrogen) atoms. The third-order valence-electron chi connectivity index (χ3n) is 4.36. The molecule has 2 aromatic heterocycles. The van der Waals surface area contributed by atoms with E-state index in [9.17, 15) is 0 Å². The minimum Gasteiger partial charge on any atom is -0.468 e. The van der Waals surface area contributed by atoms with Gasteiger partial charge in [-0.3, -0.25) is 0 Å². The largest absolute Gasteiger partial charge is 0.468 e. The predicted molar refractivity (Wildman–Crippen MR) is 96.8 cm³/mol. The van der Waals surface area contributed by atoms with Gasteiger partial charge in [0, 0.05) is 24.8 Å². The van der Waals surface area contributed by atoms with Gasteiger partial charge in [-0.15, -0.1) is 0 Å². The first-order valence-corrected chi connectivity index (χ1v) is 8.65. The number of hydrogen-bond donors (Lipinski definition) is 0. The molecule has 0 radical (unpaired) electrons. The Labute approximate surface area is 146 Å². The van der Waals surface area contributed by atoms with Crippen LogP contribution in [0.3, 0.4) is 0 Å². The highest BCUT2D eigenvalue weighted by Gasteiger charge is 2.15. The fraction of sp³-hybridized carbons (Fsp3) is 0.368. The average Bonchev–Trinajstić information content (AvgIpc) is 3.14. The second-order valence-corrected chi connectivity index (χ2v) is 6.37. The molecular formula is C19H21N5O. The number of fused-ring (bicyclic) bond motifs is 1. The Bertz CT molecular complexity index is 905. The summed E-state index contributed by atoms with van der Waals surface area (Å²) in [5.41, 5.74) is 3.42. The van der Waals surface area contributed by atoms with E-state index in [0.29, 0.717) is 11.7 Å². The molecule has 0 bridgehead atoms. The monoisotopic (exact) mass is 335 g/mol. The lowest BCUT2D eigenvalue weighted by Gasteiger charge is -2.17. The number of benzene rings is 1. The summed E-state index contributed by atoms with van der Waals surface area (Å²) in [4.78, 5) is 20.6. The molecule has 0 aliphatic carbocycles. The van der Waals surface area contributed by atoms with Gasteiger partial charge < -0.3 is 9.64 Å². The smallest absolute Gasteiger partial charge is 0.236 e. The highest BCUT2D eigenvalue weighted by Crippen LogP contribution is 2.21. The molecule has 128 valence electrons. The van der Waals surface area contributed by atoms with Crippen molar-refractivity contribution in [2.24, 2.45) is 0 Å². The highest BCUT2D eigenvalue weighted by atomic mass is 16.5. The Morgan fingerprint density at radius 3 is 2.44 bits per heavy atom. The number of anilines is 1. The van der Waals surface area contributed by atoms with Crippen molar-refractivity contribution in [2.45, 2.75) is 33.3 Å². The van der Waals surface area contributed by atoms with Gasteiger partial charge >= 0.3 is 0 Å². The molecular weight excluding hydrogens is 314 g/mol. The predicted octanol–water partition coefficient (Wildman–Crippen LogP) is 3.22. The molecule has 1 saturated heterocycles. The zero-order chi connectivity index (χ0) is 17.2. The van der Waals surface area contributed by atoms with Gasteiger partial charge in [0.15, 0.2) is 5.82 Å². The second-order valence-electron chi connectivity index (χ2n) is 6.37. The van der Waals surface area contributed by atoms with Gasteiger partial charge in [0.1, 0.15) is 18.1 Å². The molecule has 1 aliphatic rings. The van der Waals surface area contributed by atoms with Gasteiger partial charge in [-0.05, 0) is 38.8 Å². The van der Waals surface area contributed by atoms with Gasteiger partial charge in [-0.2, -0.15) is 0 Å². The van der Waals surface area contributed by atoms with Gasteiger partial charge in [0.25, 0.3) is 0 Å². The van der Waals surface area contributed by atoms with Crippen molar-refractivity contribution in [1.29, 1.82) is 0 Å². The summed E-state index contributed by atoms with van der Waals surface area (Å²) >= 11 is 0. The minimum atomic E-state index is 0.288. The van der Waals surface area contributed by atoms with Gasteiger partial charge in [-0.1, -0.05) is 12.1 Å². The Hall–Kier alpha value is -2.76. The molecule has 0 atom stereocenters. The number of rotatable bonds is 4. The SMILES string of the molecule is Cc1cc(N2CCCC2)nc(COc2nc3ccccc3nc2C)n1. The summed E-state index contributed by atoms with van der Waals surface area (Å²) < 4.78 is 5.89. The van der Waals surface area contributed by atoms with Crippen LogP contribution in [-0.2, 0) is 6.61 Å². The van der Waals surface area contributed by atoms with E-state index in [1.807, 2.05) is 44.2 Å². The van der Waals surface area contributed by atoms with Crippen LogP contribution in [0.1, 0.15) is 30.1 Å². The molecule has 0 amide bonds. The lowest BCUT2D eigenvalue weighted by atomic mass is 10.3. The molecule has 6 heteroatoms. The fourth-order valence-electron chi connectivity index (χ4n) is 3.13. The summed E-state index contributed by atoms with van der Waals surface area (Å²) in [5, 5.41) is 0. The lowest BCUT2D eigenvalue weighted by Crippen LogP contribution is -2.20. The third-order valence-corrected chi connectivity index (χ3v) is 4.36. The highest BCUT2D eigenvalue weighted by molar-refractivity contribution is 5.74. The first kappa shape index (κ1) is 15.7. The van der Waals surface area contributed by atoms with E-state index in [2.05, 4.69) is 24.8 Å². The number of aromatic nitrogens is 4. The summed E-state index contributed by atoms with van der Waals surface area (Å²) in [5.74, 6) is 2.20. The van der Waals surface area contributed by atoms with Crippen LogP contribution in [0.2, 0.25) is 0 Å².